The molecular formula is C8H16F2O3Po. The van der Waals surface area contributed by atoms with E-state index < -0.39 is 42.1 Å². The van der Waals surface area contributed by atoms with Gasteiger partial charge in [-0.15, -0.1) is 0 Å². The molecule has 86 valence electrons. The molecule has 0 aliphatic carbocycles. The molecule has 2 N–H and O–H groups in total. The maximum atomic E-state index is 13.2. The Bertz CT molecular complexity index is 147. The minimum absolute atomic E-state index is 0.285. The molecule has 0 aliphatic rings. The van der Waals surface area contributed by atoms with E-state index in [0.717, 1.165) is 0 Å². The van der Waals surface area contributed by atoms with E-state index in [-0.39, 0.29) is 10.5 Å². The fourth-order valence-electron chi connectivity index (χ4n) is 0.846. The third-order valence-electron chi connectivity index (χ3n) is 1.81. The molecule has 0 atom stereocenters. The Balaban J connectivity index is 4.20. The van der Waals surface area contributed by atoms with Gasteiger partial charge in [0.2, 0.25) is 0 Å². The number of rotatable bonds is 7. The molecule has 0 aromatic carbocycles. The fraction of sp³-hybridized carbons (Fsp3) is 1.00. The van der Waals surface area contributed by atoms with Crippen molar-refractivity contribution in [3.8, 4) is 0 Å². The second kappa shape index (κ2) is 6.27. The zero-order valence-electron chi connectivity index (χ0n) is 8.30. The third-order valence-corrected chi connectivity index (χ3v) is 4.75. The van der Waals surface area contributed by atoms with Gasteiger partial charge in [-0.2, -0.15) is 0 Å². The molecule has 0 fully saturated rings. The summed E-state index contributed by atoms with van der Waals surface area (Å²) in [5.41, 5.74) is 0. The van der Waals surface area contributed by atoms with E-state index >= 15 is 0 Å². The molecule has 0 aromatic rings. The Morgan fingerprint density at radius 3 is 2.36 bits per heavy atom. The predicted molar refractivity (Wildman–Crippen MR) is 49.2 cm³/mol. The molecule has 0 saturated heterocycles. The van der Waals surface area contributed by atoms with Crippen molar-refractivity contribution in [3.05, 3.63) is 0 Å². The molecule has 14 heavy (non-hydrogen) atoms. The van der Waals surface area contributed by atoms with Gasteiger partial charge < -0.3 is 0 Å². The van der Waals surface area contributed by atoms with Crippen LogP contribution in [0.3, 0.4) is 0 Å². The minimum atomic E-state index is -3.43. The zero-order chi connectivity index (χ0) is 11.2. The van der Waals surface area contributed by atoms with Crippen LogP contribution in [0.4, 0.5) is 8.78 Å². The molecule has 3 nitrogen and oxygen atoms in total. The molecule has 0 amide bonds. The molecule has 0 spiro atoms. The summed E-state index contributed by atoms with van der Waals surface area (Å²) in [6.45, 7) is 1.78. The molecule has 0 aromatic heterocycles. The van der Waals surface area contributed by atoms with Crippen molar-refractivity contribution in [2.24, 2.45) is 0 Å². The predicted octanol–water partition coefficient (Wildman–Crippen LogP) is 1.18. The zero-order valence-corrected chi connectivity index (χ0v) is 11.5. The van der Waals surface area contributed by atoms with Crippen molar-refractivity contribution in [3.63, 3.8) is 0 Å². The van der Waals surface area contributed by atoms with E-state index in [9.17, 15) is 8.78 Å². The Morgan fingerprint density at radius 2 is 1.93 bits per heavy atom. The van der Waals surface area contributed by atoms with E-state index in [4.69, 9.17) is 13.0 Å². The summed E-state index contributed by atoms with van der Waals surface area (Å²) in [6.07, 6.45) is 0.405. The molecule has 0 aliphatic heterocycles. The molecule has 0 unspecified atom stereocenters. The van der Waals surface area contributed by atoms with Crippen LogP contribution in [0, 0.1) is 0 Å². The van der Waals surface area contributed by atoms with E-state index in [0.29, 0.717) is 6.42 Å². The van der Waals surface area contributed by atoms with Crippen LogP contribution in [0.1, 0.15) is 26.2 Å². The topological polar surface area (TPSA) is 49.7 Å². The Kier molecular flexibility index (Phi) is 6.55. The first-order valence-corrected chi connectivity index (χ1v) is 7.89. The van der Waals surface area contributed by atoms with Crippen molar-refractivity contribution in [1.82, 2.24) is 0 Å². The van der Waals surface area contributed by atoms with Gasteiger partial charge in [0, 0.05) is 0 Å². The second-order valence-corrected chi connectivity index (χ2v) is 6.39. The van der Waals surface area contributed by atoms with Gasteiger partial charge in [-0.25, -0.2) is 0 Å². The van der Waals surface area contributed by atoms with E-state index in [1.165, 1.54) is 7.11 Å². The number of halogens is 2. The van der Waals surface area contributed by atoms with Gasteiger partial charge in [-0.1, -0.05) is 0 Å². The van der Waals surface area contributed by atoms with Gasteiger partial charge in [0.25, 0.3) is 0 Å². The molecule has 6 heteroatoms. The summed E-state index contributed by atoms with van der Waals surface area (Å²) in [5, 5.41) is 18.3. The van der Waals surface area contributed by atoms with Crippen LogP contribution >= 0.6 is 0 Å². The molecular weight excluding hydrogens is 391 g/mol. The molecule has 0 heterocycles. The second-order valence-electron chi connectivity index (χ2n) is 3.05. The van der Waals surface area contributed by atoms with Gasteiger partial charge in [-0.05, 0) is 0 Å². The monoisotopic (exact) mass is 407 g/mol. The number of hydrogen-bond donors (Lipinski definition) is 2. The third kappa shape index (κ3) is 4.44. The van der Waals surface area contributed by atoms with Crippen molar-refractivity contribution < 1.29 is 21.8 Å². The average molecular weight is 407 g/mol. The summed E-state index contributed by atoms with van der Waals surface area (Å²) >= 11 is -1.50. The SMILES string of the molecule is CCCCC(F)(F)C(O)(O)[CH2][Po][O]C. The van der Waals surface area contributed by atoms with Crippen molar-refractivity contribution >= 4 is 24.0 Å². The van der Waals surface area contributed by atoms with Crippen molar-refractivity contribution in [1.29, 1.82) is 0 Å². The first kappa shape index (κ1) is 14.6. The van der Waals surface area contributed by atoms with Gasteiger partial charge >= 0.3 is 94.9 Å². The average Bonchev–Trinajstić information content (AvgIpc) is 2.11. The molecule has 0 rings (SSSR count). The Labute approximate surface area is 94.9 Å². The van der Waals surface area contributed by atoms with E-state index in [1.54, 1.807) is 6.92 Å². The normalized spacial score (nSPS) is 13.3. The number of hydrogen-bond acceptors (Lipinski definition) is 3. The molecule has 0 radical (unpaired) electrons. The summed E-state index contributed by atoms with van der Waals surface area (Å²) in [4.78, 5) is 0. The summed E-state index contributed by atoms with van der Waals surface area (Å²) in [7, 11) is 1.39. The van der Waals surface area contributed by atoms with Crippen LogP contribution in [0.25, 0.3) is 0 Å². The fourth-order valence-corrected chi connectivity index (χ4v) is 2.76. The standard InChI is InChI=1S/C7H13F2O2.CH3O.Po/c1-3-4-5-7(8,9)6(2,10)11;1-2;/h10-11H,2-5H2,1H3;1H3;/q;-1;+1. The van der Waals surface area contributed by atoms with E-state index in [2.05, 4.69) is 0 Å². The van der Waals surface area contributed by atoms with E-state index in [1.807, 2.05) is 0 Å². The first-order chi connectivity index (χ1) is 6.37. The van der Waals surface area contributed by atoms with Crippen LogP contribution in [-0.4, -0.2) is 53.0 Å². The van der Waals surface area contributed by atoms with Crippen molar-refractivity contribution in [2.45, 2.75) is 42.0 Å². The van der Waals surface area contributed by atoms with Crippen LogP contribution in [0.15, 0.2) is 0 Å². The van der Waals surface area contributed by atoms with Crippen LogP contribution in [-0.2, 0) is 2.77 Å². The Hall–Kier alpha value is 0.636. The number of aliphatic hydroxyl groups is 2. The summed E-state index contributed by atoms with van der Waals surface area (Å²) < 4.78 is 30.7. The molecule has 0 saturated carbocycles. The van der Waals surface area contributed by atoms with Gasteiger partial charge in [-0.3, -0.25) is 0 Å². The Morgan fingerprint density at radius 1 is 1.36 bits per heavy atom. The van der Waals surface area contributed by atoms with Crippen LogP contribution < -0.4 is 0 Å². The van der Waals surface area contributed by atoms with Gasteiger partial charge in [0.15, 0.2) is 0 Å². The number of alkyl halides is 2. The van der Waals surface area contributed by atoms with Crippen LogP contribution in [0.5, 0.6) is 0 Å². The number of unbranched alkanes of at least 4 members (excludes halogenated alkanes) is 1. The quantitative estimate of drug-likeness (QED) is 0.624. The summed E-state index contributed by atoms with van der Waals surface area (Å²) in [6, 6.07) is 0. The van der Waals surface area contributed by atoms with Gasteiger partial charge in [0.05, 0.1) is 0 Å². The maximum absolute atomic E-state index is 13.2. The summed E-state index contributed by atoms with van der Waals surface area (Å²) in [5.74, 6) is -6.32. The van der Waals surface area contributed by atoms with Gasteiger partial charge in [0.1, 0.15) is 0 Å². The molecule has 0 bridgehead atoms. The van der Waals surface area contributed by atoms with Crippen LogP contribution in [0.2, 0.25) is 4.08 Å². The van der Waals surface area contributed by atoms with Crippen molar-refractivity contribution in [2.75, 3.05) is 7.11 Å². The first-order valence-electron chi connectivity index (χ1n) is 4.35.